The smallest absolute Gasteiger partial charge is 0.329 e. The van der Waals surface area contributed by atoms with Crippen molar-refractivity contribution in [3.05, 3.63) is 40.8 Å². The van der Waals surface area contributed by atoms with Crippen molar-refractivity contribution in [1.29, 1.82) is 0 Å². The number of rotatable bonds is 3. The molecular formula is C9H11N5O. The Bertz CT molecular complexity index is 487. The highest BCUT2D eigenvalue weighted by Crippen LogP contribution is 2.00. The Morgan fingerprint density at radius 2 is 1.93 bits per heavy atom. The Kier molecular flexibility index (Phi) is 2.59. The molecule has 78 valence electrons. The Balaban J connectivity index is 2.43. The largest absolute Gasteiger partial charge is 0.368 e. The van der Waals surface area contributed by atoms with Crippen LogP contribution < -0.4 is 11.4 Å². The van der Waals surface area contributed by atoms with E-state index in [0.717, 1.165) is 0 Å². The van der Waals surface area contributed by atoms with Crippen molar-refractivity contribution >= 4 is 0 Å². The van der Waals surface area contributed by atoms with Crippen molar-refractivity contribution in [2.24, 2.45) is 5.73 Å². The third-order valence-corrected chi connectivity index (χ3v) is 1.98. The van der Waals surface area contributed by atoms with Crippen molar-refractivity contribution in [3.63, 3.8) is 0 Å². The average Bonchev–Trinajstić information content (AvgIpc) is 2.63. The van der Waals surface area contributed by atoms with Crippen LogP contribution >= 0.6 is 0 Å². The number of aromatic nitrogens is 4. The summed E-state index contributed by atoms with van der Waals surface area (Å²) >= 11 is 0. The molecule has 0 aliphatic heterocycles. The summed E-state index contributed by atoms with van der Waals surface area (Å²) in [5.74, 6) is 0. The summed E-state index contributed by atoms with van der Waals surface area (Å²) in [5.41, 5.74) is 5.77. The molecule has 0 fully saturated rings. The fourth-order valence-electron chi connectivity index (χ4n) is 1.27. The third kappa shape index (κ3) is 1.79. The topological polar surface area (TPSA) is 78.7 Å². The van der Waals surface area contributed by atoms with Gasteiger partial charge in [0, 0.05) is 6.54 Å². The van der Waals surface area contributed by atoms with Crippen LogP contribution in [0.1, 0.15) is 0 Å². The maximum absolute atomic E-state index is 11.7. The molecule has 0 saturated carbocycles. The summed E-state index contributed by atoms with van der Waals surface area (Å²) in [6.45, 7) is 0.749. The lowest BCUT2D eigenvalue weighted by Crippen LogP contribution is -2.26. The highest BCUT2D eigenvalue weighted by Gasteiger charge is 2.06. The number of para-hydroxylation sites is 1. The molecule has 2 aromatic rings. The van der Waals surface area contributed by atoms with Crippen molar-refractivity contribution in [2.75, 3.05) is 6.54 Å². The average molecular weight is 205 g/mol. The third-order valence-electron chi connectivity index (χ3n) is 1.98. The summed E-state index contributed by atoms with van der Waals surface area (Å²) in [5, 5.41) is 7.49. The molecule has 15 heavy (non-hydrogen) atoms. The number of nitrogens with zero attached hydrogens (tertiary/aromatic N) is 4. The van der Waals surface area contributed by atoms with Gasteiger partial charge in [0.05, 0.1) is 12.2 Å². The standard InChI is InChI=1S/C9H11N5O/c10-6-7-13-9(15)14(12-11-13)8-4-2-1-3-5-8/h1-5H,6-7,10H2. The Morgan fingerprint density at radius 1 is 1.20 bits per heavy atom. The zero-order chi connectivity index (χ0) is 10.7. The summed E-state index contributed by atoms with van der Waals surface area (Å²) in [7, 11) is 0. The molecule has 1 aromatic heterocycles. The molecule has 0 amide bonds. The second-order valence-electron chi connectivity index (χ2n) is 3.02. The number of tetrazole rings is 1. The van der Waals surface area contributed by atoms with E-state index in [9.17, 15) is 4.79 Å². The lowest BCUT2D eigenvalue weighted by molar-refractivity contribution is 0.583. The molecule has 6 nitrogen and oxygen atoms in total. The monoisotopic (exact) mass is 205 g/mol. The van der Waals surface area contributed by atoms with E-state index in [2.05, 4.69) is 10.4 Å². The maximum Gasteiger partial charge on any atom is 0.368 e. The Morgan fingerprint density at radius 3 is 2.60 bits per heavy atom. The van der Waals surface area contributed by atoms with Crippen molar-refractivity contribution in [3.8, 4) is 5.69 Å². The molecular weight excluding hydrogens is 194 g/mol. The molecule has 0 aliphatic carbocycles. The van der Waals surface area contributed by atoms with Crippen LogP contribution in [0.15, 0.2) is 35.1 Å². The van der Waals surface area contributed by atoms with E-state index in [-0.39, 0.29) is 5.69 Å². The molecule has 0 bridgehead atoms. The molecule has 0 saturated heterocycles. The predicted octanol–water partition coefficient (Wildman–Crippen LogP) is -0.612. The molecule has 0 radical (unpaired) electrons. The molecule has 0 atom stereocenters. The van der Waals surface area contributed by atoms with Crippen LogP contribution in [-0.4, -0.2) is 26.3 Å². The molecule has 0 unspecified atom stereocenters. The van der Waals surface area contributed by atoms with Crippen LogP contribution in [0.4, 0.5) is 0 Å². The summed E-state index contributed by atoms with van der Waals surface area (Å²) in [6, 6.07) is 9.14. The summed E-state index contributed by atoms with van der Waals surface area (Å²) in [6.07, 6.45) is 0. The fraction of sp³-hybridized carbons (Fsp3) is 0.222. The van der Waals surface area contributed by atoms with Crippen LogP contribution in [-0.2, 0) is 6.54 Å². The van der Waals surface area contributed by atoms with E-state index >= 15 is 0 Å². The quantitative estimate of drug-likeness (QED) is 0.724. The second-order valence-corrected chi connectivity index (χ2v) is 3.02. The van der Waals surface area contributed by atoms with Gasteiger partial charge in [0.15, 0.2) is 0 Å². The van der Waals surface area contributed by atoms with Gasteiger partial charge in [0.2, 0.25) is 0 Å². The van der Waals surface area contributed by atoms with Crippen molar-refractivity contribution in [1.82, 2.24) is 19.8 Å². The van der Waals surface area contributed by atoms with Crippen molar-refractivity contribution in [2.45, 2.75) is 6.54 Å². The maximum atomic E-state index is 11.7. The van der Waals surface area contributed by atoms with Crippen LogP contribution in [0.2, 0.25) is 0 Å². The number of hydrogen-bond acceptors (Lipinski definition) is 4. The minimum Gasteiger partial charge on any atom is -0.329 e. The summed E-state index contributed by atoms with van der Waals surface area (Å²) in [4.78, 5) is 11.7. The first-order chi connectivity index (χ1) is 7.33. The first kappa shape index (κ1) is 9.60. The van der Waals surface area contributed by atoms with Crippen LogP contribution in [0.5, 0.6) is 0 Å². The molecule has 2 rings (SSSR count). The first-order valence-corrected chi connectivity index (χ1v) is 4.61. The zero-order valence-corrected chi connectivity index (χ0v) is 8.08. The predicted molar refractivity (Wildman–Crippen MR) is 54.7 cm³/mol. The van der Waals surface area contributed by atoms with Gasteiger partial charge in [-0.2, -0.15) is 9.36 Å². The van der Waals surface area contributed by atoms with Crippen molar-refractivity contribution < 1.29 is 0 Å². The van der Waals surface area contributed by atoms with Gasteiger partial charge in [-0.1, -0.05) is 18.2 Å². The van der Waals surface area contributed by atoms with Crippen LogP contribution in [0.25, 0.3) is 5.69 Å². The Labute approximate surface area is 85.9 Å². The SMILES string of the molecule is NCCn1nnn(-c2ccccc2)c1=O. The Hall–Kier alpha value is -1.95. The number of hydrogen-bond donors (Lipinski definition) is 1. The van der Waals surface area contributed by atoms with Gasteiger partial charge in [-0.25, -0.2) is 4.79 Å². The van der Waals surface area contributed by atoms with E-state index in [1.807, 2.05) is 18.2 Å². The highest BCUT2D eigenvalue weighted by molar-refractivity contribution is 5.28. The molecule has 1 aromatic carbocycles. The van der Waals surface area contributed by atoms with Gasteiger partial charge in [-0.05, 0) is 22.6 Å². The molecule has 6 heteroatoms. The van der Waals surface area contributed by atoms with E-state index in [1.165, 1.54) is 9.36 Å². The molecule has 0 spiro atoms. The van der Waals surface area contributed by atoms with Gasteiger partial charge < -0.3 is 5.73 Å². The number of benzene rings is 1. The lowest BCUT2D eigenvalue weighted by atomic mass is 10.3. The van der Waals surface area contributed by atoms with E-state index in [1.54, 1.807) is 12.1 Å². The lowest BCUT2D eigenvalue weighted by Gasteiger charge is -1.96. The van der Waals surface area contributed by atoms with Gasteiger partial charge in [-0.3, -0.25) is 0 Å². The number of nitrogens with two attached hydrogens (primary N) is 1. The molecule has 0 aliphatic rings. The van der Waals surface area contributed by atoms with E-state index in [0.29, 0.717) is 18.8 Å². The van der Waals surface area contributed by atoms with Gasteiger partial charge >= 0.3 is 5.69 Å². The highest BCUT2D eigenvalue weighted by atomic mass is 16.2. The van der Waals surface area contributed by atoms with E-state index < -0.39 is 0 Å². The second kappa shape index (κ2) is 4.05. The molecule has 2 N–H and O–H groups in total. The van der Waals surface area contributed by atoms with Crippen LogP contribution in [0.3, 0.4) is 0 Å². The minimum atomic E-state index is -0.272. The van der Waals surface area contributed by atoms with Gasteiger partial charge in [-0.15, -0.1) is 0 Å². The van der Waals surface area contributed by atoms with Gasteiger partial charge in [0.25, 0.3) is 0 Å². The first-order valence-electron chi connectivity index (χ1n) is 4.61. The fourth-order valence-corrected chi connectivity index (χ4v) is 1.27. The van der Waals surface area contributed by atoms with Crippen LogP contribution in [0, 0.1) is 0 Å². The normalized spacial score (nSPS) is 10.5. The zero-order valence-electron chi connectivity index (χ0n) is 8.08. The van der Waals surface area contributed by atoms with Gasteiger partial charge in [0.1, 0.15) is 0 Å². The van der Waals surface area contributed by atoms with E-state index in [4.69, 9.17) is 5.73 Å². The summed E-state index contributed by atoms with van der Waals surface area (Å²) < 4.78 is 2.49. The molecule has 1 heterocycles. The minimum absolute atomic E-state index is 0.272.